The molecule has 0 fully saturated rings. The van der Waals surface area contributed by atoms with E-state index >= 15 is 0 Å². The van der Waals surface area contributed by atoms with Crippen LogP contribution in [0.15, 0.2) is 11.3 Å². The van der Waals surface area contributed by atoms with Crippen molar-refractivity contribution in [2.45, 2.75) is 53.1 Å². The maximum Gasteiger partial charge on any atom is 0.191 e. The Morgan fingerprint density at radius 3 is 2.60 bits per heavy atom. The Morgan fingerprint density at radius 1 is 1.12 bits per heavy atom. The van der Waals surface area contributed by atoms with Crippen LogP contribution in [0.3, 0.4) is 0 Å². The number of nitrogens with zero attached hydrogens (tertiary/aromatic N) is 7. The zero-order valence-corrected chi connectivity index (χ0v) is 15.7. The smallest absolute Gasteiger partial charge is 0.191 e. The maximum absolute atomic E-state index is 4.63. The van der Waals surface area contributed by atoms with Crippen LogP contribution in [-0.2, 0) is 26.6 Å². The summed E-state index contributed by atoms with van der Waals surface area (Å²) in [5.41, 5.74) is 0. The third-order valence-electron chi connectivity index (χ3n) is 4.04. The molecule has 2 heterocycles. The van der Waals surface area contributed by atoms with Crippen LogP contribution in [0.5, 0.6) is 0 Å². The molecule has 0 saturated carbocycles. The first kappa shape index (κ1) is 18.9. The lowest BCUT2D eigenvalue weighted by molar-refractivity contribution is 0.627. The van der Waals surface area contributed by atoms with Crippen LogP contribution in [0.1, 0.15) is 44.2 Å². The quantitative estimate of drug-likeness (QED) is 0.396. The third kappa shape index (κ3) is 5.54. The first-order chi connectivity index (χ1) is 12.2. The topological polar surface area (TPSA) is 97.8 Å². The number of aryl methyl sites for hydroxylation is 2. The SMILES string of the molecule is CCCCNC(=NCc1nnc(C)n1C)NCCn1cnnc1CC. The van der Waals surface area contributed by atoms with E-state index < -0.39 is 0 Å². The Balaban J connectivity index is 1.92. The molecule has 0 radical (unpaired) electrons. The van der Waals surface area contributed by atoms with Crippen LogP contribution in [0.4, 0.5) is 0 Å². The first-order valence-electron chi connectivity index (χ1n) is 8.89. The van der Waals surface area contributed by atoms with E-state index in [1.165, 1.54) is 0 Å². The summed E-state index contributed by atoms with van der Waals surface area (Å²) in [5, 5.41) is 23.0. The number of hydrogen-bond acceptors (Lipinski definition) is 5. The van der Waals surface area contributed by atoms with Gasteiger partial charge >= 0.3 is 0 Å². The van der Waals surface area contributed by atoms with Crippen molar-refractivity contribution in [3.05, 3.63) is 23.8 Å². The summed E-state index contributed by atoms with van der Waals surface area (Å²) < 4.78 is 4.01. The Bertz CT molecular complexity index is 671. The third-order valence-corrected chi connectivity index (χ3v) is 4.04. The van der Waals surface area contributed by atoms with Gasteiger partial charge in [0.15, 0.2) is 11.8 Å². The van der Waals surface area contributed by atoms with E-state index in [4.69, 9.17) is 0 Å². The van der Waals surface area contributed by atoms with Gasteiger partial charge in [-0.1, -0.05) is 20.3 Å². The average molecular weight is 347 g/mol. The highest BCUT2D eigenvalue weighted by molar-refractivity contribution is 5.79. The molecule has 0 saturated heterocycles. The van der Waals surface area contributed by atoms with E-state index in [1.54, 1.807) is 6.33 Å². The van der Waals surface area contributed by atoms with Gasteiger partial charge in [-0.25, -0.2) is 4.99 Å². The van der Waals surface area contributed by atoms with Gasteiger partial charge in [0.05, 0.1) is 0 Å². The number of aromatic nitrogens is 6. The predicted molar refractivity (Wildman–Crippen MR) is 97.2 cm³/mol. The molecule has 0 atom stereocenters. The van der Waals surface area contributed by atoms with Crippen molar-refractivity contribution in [3.8, 4) is 0 Å². The molecule has 2 aromatic heterocycles. The number of unbranched alkanes of at least 4 members (excludes halogenated alkanes) is 1. The van der Waals surface area contributed by atoms with Crippen molar-refractivity contribution in [1.29, 1.82) is 0 Å². The summed E-state index contributed by atoms with van der Waals surface area (Å²) in [6.07, 6.45) is 4.89. The zero-order valence-electron chi connectivity index (χ0n) is 15.7. The second-order valence-electron chi connectivity index (χ2n) is 5.89. The van der Waals surface area contributed by atoms with Crippen LogP contribution in [0.2, 0.25) is 0 Å². The molecular formula is C16H29N9. The van der Waals surface area contributed by atoms with Gasteiger partial charge in [-0.3, -0.25) is 0 Å². The lowest BCUT2D eigenvalue weighted by Gasteiger charge is -2.13. The normalized spacial score (nSPS) is 11.8. The number of aliphatic imine (C=N–C) groups is 1. The average Bonchev–Trinajstić information content (AvgIpc) is 3.20. The van der Waals surface area contributed by atoms with E-state index in [-0.39, 0.29) is 0 Å². The first-order valence-corrected chi connectivity index (χ1v) is 8.89. The molecule has 9 nitrogen and oxygen atoms in total. The van der Waals surface area contributed by atoms with Crippen molar-refractivity contribution in [2.24, 2.45) is 12.0 Å². The summed E-state index contributed by atoms with van der Waals surface area (Å²) in [5.74, 6) is 3.52. The van der Waals surface area contributed by atoms with Gasteiger partial charge in [0.1, 0.15) is 24.5 Å². The Hall–Kier alpha value is -2.45. The minimum Gasteiger partial charge on any atom is -0.356 e. The maximum atomic E-state index is 4.63. The highest BCUT2D eigenvalue weighted by Crippen LogP contribution is 1.99. The monoisotopic (exact) mass is 347 g/mol. The summed E-state index contributed by atoms with van der Waals surface area (Å²) in [6.45, 7) is 9.12. The molecule has 0 aliphatic carbocycles. The molecule has 2 N–H and O–H groups in total. The molecule has 0 aliphatic rings. The fraction of sp³-hybridized carbons (Fsp3) is 0.688. The lowest BCUT2D eigenvalue weighted by Crippen LogP contribution is -2.39. The molecule has 138 valence electrons. The predicted octanol–water partition coefficient (Wildman–Crippen LogP) is 0.813. The molecule has 0 amide bonds. The largest absolute Gasteiger partial charge is 0.356 e. The molecule has 2 aromatic rings. The van der Waals surface area contributed by atoms with Crippen molar-refractivity contribution in [2.75, 3.05) is 13.1 Å². The van der Waals surface area contributed by atoms with Gasteiger partial charge in [-0.05, 0) is 13.3 Å². The number of rotatable bonds is 9. The van der Waals surface area contributed by atoms with E-state index in [9.17, 15) is 0 Å². The highest BCUT2D eigenvalue weighted by atomic mass is 15.3. The van der Waals surface area contributed by atoms with Gasteiger partial charge < -0.3 is 19.8 Å². The van der Waals surface area contributed by atoms with Crippen LogP contribution in [0.25, 0.3) is 0 Å². The second kappa shape index (κ2) is 9.75. The molecule has 9 heteroatoms. The van der Waals surface area contributed by atoms with E-state index in [2.05, 4.69) is 54.4 Å². The minimum absolute atomic E-state index is 0.492. The van der Waals surface area contributed by atoms with Gasteiger partial charge in [-0.2, -0.15) is 0 Å². The van der Waals surface area contributed by atoms with Crippen LogP contribution >= 0.6 is 0 Å². The summed E-state index contributed by atoms with van der Waals surface area (Å²) in [7, 11) is 1.95. The molecule has 0 aliphatic heterocycles. The minimum atomic E-state index is 0.492. The molecule has 0 bridgehead atoms. The van der Waals surface area contributed by atoms with E-state index in [0.717, 1.165) is 62.3 Å². The summed E-state index contributed by atoms with van der Waals surface area (Å²) >= 11 is 0. The van der Waals surface area contributed by atoms with Crippen molar-refractivity contribution < 1.29 is 0 Å². The number of hydrogen-bond donors (Lipinski definition) is 2. The Labute approximate surface area is 149 Å². The van der Waals surface area contributed by atoms with Crippen LogP contribution in [-0.4, -0.2) is 48.6 Å². The molecule has 2 rings (SSSR count). The molecule has 0 aromatic carbocycles. The summed E-state index contributed by atoms with van der Waals surface area (Å²) in [4.78, 5) is 4.63. The summed E-state index contributed by atoms with van der Waals surface area (Å²) in [6, 6.07) is 0. The fourth-order valence-corrected chi connectivity index (χ4v) is 2.33. The molecular weight excluding hydrogens is 318 g/mol. The number of nitrogens with one attached hydrogen (secondary N) is 2. The molecule has 0 spiro atoms. The van der Waals surface area contributed by atoms with Crippen molar-refractivity contribution in [1.82, 2.24) is 40.2 Å². The van der Waals surface area contributed by atoms with Gasteiger partial charge in [-0.15, -0.1) is 20.4 Å². The van der Waals surface area contributed by atoms with Gasteiger partial charge in [0, 0.05) is 33.1 Å². The Morgan fingerprint density at radius 2 is 1.92 bits per heavy atom. The fourth-order valence-electron chi connectivity index (χ4n) is 2.33. The molecule has 0 unspecified atom stereocenters. The van der Waals surface area contributed by atoms with Gasteiger partial charge in [0.25, 0.3) is 0 Å². The number of guanidine groups is 1. The van der Waals surface area contributed by atoms with Crippen molar-refractivity contribution >= 4 is 5.96 Å². The standard InChI is InChI=1S/C16H29N9/c1-5-7-8-17-16(19-11-15-23-21-13(3)24(15)4)18-9-10-25-12-20-22-14(25)6-2/h12H,5-11H2,1-4H3,(H2,17,18,19). The van der Waals surface area contributed by atoms with Crippen LogP contribution in [0, 0.1) is 6.92 Å². The van der Waals surface area contributed by atoms with Gasteiger partial charge in [0.2, 0.25) is 0 Å². The van der Waals surface area contributed by atoms with E-state index in [0.29, 0.717) is 6.54 Å². The zero-order chi connectivity index (χ0) is 18.1. The Kier molecular flexibility index (Phi) is 7.36. The van der Waals surface area contributed by atoms with Crippen LogP contribution < -0.4 is 10.6 Å². The molecule has 25 heavy (non-hydrogen) atoms. The van der Waals surface area contributed by atoms with E-state index in [1.807, 2.05) is 18.5 Å². The lowest BCUT2D eigenvalue weighted by atomic mass is 10.3. The second-order valence-corrected chi connectivity index (χ2v) is 5.89. The van der Waals surface area contributed by atoms with Crippen molar-refractivity contribution in [3.63, 3.8) is 0 Å². The highest BCUT2D eigenvalue weighted by Gasteiger charge is 2.06.